The van der Waals surface area contributed by atoms with Crippen molar-refractivity contribution in [1.82, 2.24) is 5.32 Å². The fraction of sp³-hybridized carbons (Fsp3) is 0.667. The van der Waals surface area contributed by atoms with Crippen LogP contribution in [0.3, 0.4) is 0 Å². The van der Waals surface area contributed by atoms with Crippen LogP contribution in [0.15, 0.2) is 17.5 Å². The number of thiophene rings is 1. The van der Waals surface area contributed by atoms with Gasteiger partial charge in [0.15, 0.2) is 0 Å². The molecule has 78 valence electrons. The molecule has 2 rings (SSSR count). The van der Waals surface area contributed by atoms with Crippen LogP contribution < -0.4 is 5.32 Å². The number of hydrogen-bond donors (Lipinski definition) is 1. The minimum atomic E-state index is 0.828. The van der Waals surface area contributed by atoms with Crippen molar-refractivity contribution in [3.63, 3.8) is 0 Å². The van der Waals surface area contributed by atoms with Gasteiger partial charge in [0.1, 0.15) is 0 Å². The molecule has 0 radical (unpaired) electrons. The van der Waals surface area contributed by atoms with E-state index in [0.29, 0.717) is 0 Å². The molecule has 0 spiro atoms. The molecule has 1 saturated carbocycles. The van der Waals surface area contributed by atoms with Crippen LogP contribution in [-0.4, -0.2) is 12.6 Å². The summed E-state index contributed by atoms with van der Waals surface area (Å²) in [5.41, 5.74) is 0. The summed E-state index contributed by atoms with van der Waals surface area (Å²) >= 11 is 1.89. The Morgan fingerprint density at radius 1 is 1.57 bits per heavy atom. The van der Waals surface area contributed by atoms with Crippen molar-refractivity contribution in [2.24, 2.45) is 5.92 Å². The van der Waals surface area contributed by atoms with Crippen LogP contribution in [0.1, 0.15) is 31.1 Å². The molecule has 1 fully saturated rings. The van der Waals surface area contributed by atoms with Gasteiger partial charge in [0, 0.05) is 10.9 Å². The average molecular weight is 209 g/mol. The molecule has 1 N–H and O–H groups in total. The van der Waals surface area contributed by atoms with E-state index in [1.165, 1.54) is 37.1 Å². The van der Waals surface area contributed by atoms with Crippen LogP contribution >= 0.6 is 11.3 Å². The quantitative estimate of drug-likeness (QED) is 0.759. The predicted molar refractivity (Wildman–Crippen MR) is 62.8 cm³/mol. The van der Waals surface area contributed by atoms with E-state index in [2.05, 4.69) is 29.8 Å². The van der Waals surface area contributed by atoms with Crippen LogP contribution in [0.25, 0.3) is 0 Å². The van der Waals surface area contributed by atoms with Gasteiger partial charge in [-0.2, -0.15) is 0 Å². The summed E-state index contributed by atoms with van der Waals surface area (Å²) in [5.74, 6) is 0.828. The van der Waals surface area contributed by atoms with Gasteiger partial charge in [-0.25, -0.2) is 0 Å². The molecule has 1 atom stereocenters. The first-order chi connectivity index (χ1) is 6.88. The predicted octanol–water partition coefficient (Wildman–Crippen LogP) is 3.07. The fourth-order valence-corrected chi connectivity index (χ4v) is 2.52. The van der Waals surface area contributed by atoms with E-state index >= 15 is 0 Å². The van der Waals surface area contributed by atoms with Gasteiger partial charge in [-0.3, -0.25) is 0 Å². The summed E-state index contributed by atoms with van der Waals surface area (Å²) in [6.45, 7) is 3.51. The second kappa shape index (κ2) is 4.94. The Bertz CT molecular complexity index is 251. The van der Waals surface area contributed by atoms with Gasteiger partial charge >= 0.3 is 0 Å². The highest BCUT2D eigenvalue weighted by Gasteiger charge is 2.21. The summed E-state index contributed by atoms with van der Waals surface area (Å²) < 4.78 is 0. The highest BCUT2D eigenvalue weighted by Crippen LogP contribution is 2.21. The summed E-state index contributed by atoms with van der Waals surface area (Å²) in [6, 6.07) is 5.26. The molecule has 1 aliphatic rings. The topological polar surface area (TPSA) is 12.0 Å². The van der Waals surface area contributed by atoms with E-state index in [1.54, 1.807) is 0 Å². The smallest absolute Gasteiger partial charge is 0.00683 e. The minimum absolute atomic E-state index is 0.828. The molecule has 1 heterocycles. The Hall–Kier alpha value is -0.340. The van der Waals surface area contributed by atoms with Gasteiger partial charge in [0.25, 0.3) is 0 Å². The van der Waals surface area contributed by atoms with E-state index in [-0.39, 0.29) is 0 Å². The molecule has 1 aromatic heterocycles. The van der Waals surface area contributed by atoms with Crippen molar-refractivity contribution in [2.75, 3.05) is 6.54 Å². The van der Waals surface area contributed by atoms with Gasteiger partial charge in [0.05, 0.1) is 0 Å². The van der Waals surface area contributed by atoms with Gasteiger partial charge in [-0.15, -0.1) is 11.3 Å². The van der Waals surface area contributed by atoms with Crippen LogP contribution in [0, 0.1) is 5.92 Å². The SMILES string of the molecule is CCC(CNC1CC1)Cc1cccs1. The van der Waals surface area contributed by atoms with Crippen LogP contribution in [0.5, 0.6) is 0 Å². The minimum Gasteiger partial charge on any atom is -0.314 e. The molecule has 14 heavy (non-hydrogen) atoms. The Kier molecular flexibility index (Phi) is 3.60. The molecule has 1 unspecified atom stereocenters. The van der Waals surface area contributed by atoms with Crippen molar-refractivity contribution >= 4 is 11.3 Å². The first-order valence-electron chi connectivity index (χ1n) is 5.64. The summed E-state index contributed by atoms with van der Waals surface area (Å²) in [7, 11) is 0. The third-order valence-electron chi connectivity index (χ3n) is 2.92. The third-order valence-corrected chi connectivity index (χ3v) is 3.82. The summed E-state index contributed by atoms with van der Waals surface area (Å²) in [4.78, 5) is 1.54. The monoisotopic (exact) mass is 209 g/mol. The molecule has 1 aromatic rings. The molecule has 0 saturated heterocycles. The molecule has 1 nitrogen and oxygen atoms in total. The van der Waals surface area contributed by atoms with E-state index in [4.69, 9.17) is 0 Å². The molecule has 0 bridgehead atoms. The highest BCUT2D eigenvalue weighted by molar-refractivity contribution is 7.09. The maximum atomic E-state index is 3.62. The van der Waals surface area contributed by atoms with E-state index < -0.39 is 0 Å². The molecule has 1 aliphatic carbocycles. The molecular weight excluding hydrogens is 190 g/mol. The van der Waals surface area contributed by atoms with Gasteiger partial charge in [0.2, 0.25) is 0 Å². The van der Waals surface area contributed by atoms with Gasteiger partial charge in [-0.05, 0) is 43.2 Å². The number of hydrogen-bond acceptors (Lipinski definition) is 2. The van der Waals surface area contributed by atoms with E-state index in [9.17, 15) is 0 Å². The summed E-state index contributed by atoms with van der Waals surface area (Å²) in [6.07, 6.45) is 5.34. The molecule has 2 heteroatoms. The number of nitrogens with one attached hydrogen (secondary N) is 1. The van der Waals surface area contributed by atoms with Crippen LogP contribution in [-0.2, 0) is 6.42 Å². The maximum absolute atomic E-state index is 3.62. The standard InChI is InChI=1S/C12H19NS/c1-2-10(9-13-11-5-6-11)8-12-4-3-7-14-12/h3-4,7,10-11,13H,2,5-6,8-9H2,1H3. The zero-order chi connectivity index (χ0) is 9.80. The van der Waals surface area contributed by atoms with Crippen LogP contribution in [0.2, 0.25) is 0 Å². The van der Waals surface area contributed by atoms with Gasteiger partial charge in [-0.1, -0.05) is 19.4 Å². The first-order valence-corrected chi connectivity index (χ1v) is 6.52. The van der Waals surface area contributed by atoms with Crippen molar-refractivity contribution in [2.45, 2.75) is 38.6 Å². The Morgan fingerprint density at radius 3 is 3.00 bits per heavy atom. The van der Waals surface area contributed by atoms with Crippen molar-refractivity contribution < 1.29 is 0 Å². The van der Waals surface area contributed by atoms with Gasteiger partial charge < -0.3 is 5.32 Å². The fourth-order valence-electron chi connectivity index (χ4n) is 1.69. The normalized spacial score (nSPS) is 18.4. The highest BCUT2D eigenvalue weighted by atomic mass is 32.1. The van der Waals surface area contributed by atoms with E-state index in [0.717, 1.165) is 12.0 Å². The van der Waals surface area contributed by atoms with Crippen molar-refractivity contribution in [3.8, 4) is 0 Å². The lowest BCUT2D eigenvalue weighted by Crippen LogP contribution is -2.25. The summed E-state index contributed by atoms with van der Waals surface area (Å²) in [5, 5.41) is 5.80. The first kappa shape index (κ1) is 10.2. The lowest BCUT2D eigenvalue weighted by atomic mass is 10.0. The zero-order valence-corrected chi connectivity index (χ0v) is 9.65. The average Bonchev–Trinajstić information content (AvgIpc) is 2.90. The molecule has 0 aliphatic heterocycles. The second-order valence-corrected chi connectivity index (χ2v) is 5.27. The second-order valence-electron chi connectivity index (χ2n) is 4.24. The Labute approximate surface area is 90.5 Å². The Morgan fingerprint density at radius 2 is 2.43 bits per heavy atom. The molecular formula is C12H19NS. The van der Waals surface area contributed by atoms with Crippen molar-refractivity contribution in [3.05, 3.63) is 22.4 Å². The lowest BCUT2D eigenvalue weighted by molar-refractivity contribution is 0.461. The lowest BCUT2D eigenvalue weighted by Gasteiger charge is -2.14. The number of rotatable bonds is 6. The van der Waals surface area contributed by atoms with Crippen molar-refractivity contribution in [1.29, 1.82) is 0 Å². The zero-order valence-electron chi connectivity index (χ0n) is 8.83. The maximum Gasteiger partial charge on any atom is 0.00683 e. The Balaban J connectivity index is 1.74. The van der Waals surface area contributed by atoms with E-state index in [1.807, 2.05) is 11.3 Å². The third kappa shape index (κ3) is 3.10. The van der Waals surface area contributed by atoms with Crippen LogP contribution in [0.4, 0.5) is 0 Å². The molecule has 0 aromatic carbocycles. The molecule has 0 amide bonds. The largest absolute Gasteiger partial charge is 0.314 e.